The molecule has 5 heteroatoms. The van der Waals surface area contributed by atoms with Crippen molar-refractivity contribution in [1.82, 2.24) is 0 Å². The monoisotopic (exact) mass is 252 g/mol. The van der Waals surface area contributed by atoms with E-state index in [0.29, 0.717) is 6.61 Å². The van der Waals surface area contributed by atoms with Crippen molar-refractivity contribution in [1.29, 1.82) is 0 Å². The van der Waals surface area contributed by atoms with Crippen molar-refractivity contribution >= 4 is 11.9 Å². The van der Waals surface area contributed by atoms with Gasteiger partial charge in [-0.05, 0) is 25.5 Å². The molecule has 0 saturated heterocycles. The number of aromatic carboxylic acids is 1. The number of hydrogen-bond acceptors (Lipinski definition) is 4. The molecule has 0 aliphatic carbocycles. The summed E-state index contributed by atoms with van der Waals surface area (Å²) in [5, 5.41) is 8.94. The largest absolute Gasteiger partial charge is 0.478 e. The number of ether oxygens (including phenoxy) is 2. The second kappa shape index (κ2) is 6.76. The van der Waals surface area contributed by atoms with Crippen LogP contribution in [-0.4, -0.2) is 29.8 Å². The molecule has 0 fully saturated rings. The third-order valence-electron chi connectivity index (χ3n) is 2.23. The maximum Gasteiger partial charge on any atom is 0.340 e. The Labute approximate surface area is 105 Å². The first-order valence-electron chi connectivity index (χ1n) is 5.71. The number of hydrogen-bond donors (Lipinski definition) is 1. The Morgan fingerprint density at radius 3 is 2.61 bits per heavy atom. The molecule has 1 rings (SSSR count). The summed E-state index contributed by atoms with van der Waals surface area (Å²) in [6, 6.07) is 5.99. The summed E-state index contributed by atoms with van der Waals surface area (Å²) in [6.07, 6.45) is 0.0790. The molecule has 0 unspecified atom stereocenters. The highest BCUT2D eigenvalue weighted by Gasteiger charge is 2.19. The van der Waals surface area contributed by atoms with Crippen LogP contribution in [0.25, 0.3) is 0 Å². The molecule has 1 N–H and O–H groups in total. The molecule has 18 heavy (non-hydrogen) atoms. The van der Waals surface area contributed by atoms with Crippen molar-refractivity contribution in [3.8, 4) is 5.75 Å². The minimum absolute atomic E-state index is 0.0296. The Morgan fingerprint density at radius 2 is 2.00 bits per heavy atom. The van der Waals surface area contributed by atoms with Crippen molar-refractivity contribution < 1.29 is 24.2 Å². The fourth-order valence-corrected chi connectivity index (χ4v) is 1.29. The van der Waals surface area contributed by atoms with Gasteiger partial charge in [0.25, 0.3) is 0 Å². The van der Waals surface area contributed by atoms with Crippen molar-refractivity contribution in [2.45, 2.75) is 26.4 Å². The predicted octanol–water partition coefficient (Wildman–Crippen LogP) is 2.11. The Kier molecular flexibility index (Phi) is 5.32. The molecule has 1 atom stereocenters. The number of carbonyl (C=O) groups excluding carboxylic acids is 1. The average molecular weight is 252 g/mol. The van der Waals surface area contributed by atoms with Crippen LogP contribution in [-0.2, 0) is 9.53 Å². The van der Waals surface area contributed by atoms with Gasteiger partial charge in [-0.3, -0.25) is 0 Å². The van der Waals surface area contributed by atoms with Crippen molar-refractivity contribution in [2.75, 3.05) is 6.61 Å². The van der Waals surface area contributed by atoms with E-state index in [2.05, 4.69) is 0 Å². The maximum absolute atomic E-state index is 11.7. The maximum atomic E-state index is 11.7. The molecular weight excluding hydrogens is 236 g/mol. The lowest BCUT2D eigenvalue weighted by Crippen LogP contribution is -2.26. The smallest absolute Gasteiger partial charge is 0.340 e. The van der Waals surface area contributed by atoms with Gasteiger partial charge in [-0.2, -0.15) is 0 Å². The van der Waals surface area contributed by atoms with Gasteiger partial charge in [0.2, 0.25) is 0 Å². The summed E-state index contributed by atoms with van der Waals surface area (Å²) < 4.78 is 10.2. The van der Waals surface area contributed by atoms with E-state index in [9.17, 15) is 9.59 Å². The number of para-hydroxylation sites is 1. The lowest BCUT2D eigenvalue weighted by atomic mass is 10.2. The van der Waals surface area contributed by atoms with Gasteiger partial charge >= 0.3 is 11.9 Å². The first-order chi connectivity index (χ1) is 8.56. The summed E-state index contributed by atoms with van der Waals surface area (Å²) in [5.41, 5.74) is -0.0476. The first-order valence-corrected chi connectivity index (χ1v) is 5.71. The summed E-state index contributed by atoms with van der Waals surface area (Å²) in [6.45, 7) is 3.95. The molecule has 0 aromatic heterocycles. The van der Waals surface area contributed by atoms with Crippen LogP contribution in [0.2, 0.25) is 0 Å². The zero-order valence-electron chi connectivity index (χ0n) is 10.4. The molecule has 5 nitrogen and oxygen atoms in total. The Morgan fingerprint density at radius 1 is 1.33 bits per heavy atom. The highest BCUT2D eigenvalue weighted by molar-refractivity contribution is 5.92. The molecule has 0 heterocycles. The fraction of sp³-hybridized carbons (Fsp3) is 0.385. The minimum Gasteiger partial charge on any atom is -0.478 e. The highest BCUT2D eigenvalue weighted by Crippen LogP contribution is 2.18. The quantitative estimate of drug-likeness (QED) is 0.620. The summed E-state index contributed by atoms with van der Waals surface area (Å²) >= 11 is 0. The number of carbonyl (C=O) groups is 2. The van der Waals surface area contributed by atoms with E-state index in [1.54, 1.807) is 19.1 Å². The molecule has 1 aromatic carbocycles. The van der Waals surface area contributed by atoms with Gasteiger partial charge in [0, 0.05) is 6.61 Å². The van der Waals surface area contributed by atoms with E-state index >= 15 is 0 Å². The van der Waals surface area contributed by atoms with Crippen LogP contribution in [0.5, 0.6) is 5.75 Å². The third kappa shape index (κ3) is 3.85. The van der Waals surface area contributed by atoms with Gasteiger partial charge < -0.3 is 14.6 Å². The van der Waals surface area contributed by atoms with Crippen molar-refractivity contribution in [3.05, 3.63) is 29.8 Å². The molecule has 0 radical (unpaired) electrons. The van der Waals surface area contributed by atoms with Crippen LogP contribution in [0.1, 0.15) is 30.6 Å². The minimum atomic E-state index is -1.14. The zero-order valence-corrected chi connectivity index (χ0v) is 10.4. The Balaban J connectivity index is 2.72. The summed E-state index contributed by atoms with van der Waals surface area (Å²) in [7, 11) is 0. The van der Waals surface area contributed by atoms with Crippen molar-refractivity contribution in [3.63, 3.8) is 0 Å². The van der Waals surface area contributed by atoms with E-state index in [1.165, 1.54) is 12.1 Å². The molecule has 98 valence electrons. The van der Waals surface area contributed by atoms with Gasteiger partial charge in [-0.1, -0.05) is 19.1 Å². The molecule has 0 bridgehead atoms. The fourth-order valence-electron chi connectivity index (χ4n) is 1.29. The van der Waals surface area contributed by atoms with Gasteiger partial charge in [-0.15, -0.1) is 0 Å². The number of rotatable bonds is 6. The van der Waals surface area contributed by atoms with Crippen LogP contribution in [0.15, 0.2) is 24.3 Å². The van der Waals surface area contributed by atoms with E-state index in [-0.39, 0.29) is 11.3 Å². The van der Waals surface area contributed by atoms with Crippen LogP contribution in [0, 0.1) is 0 Å². The van der Waals surface area contributed by atoms with Gasteiger partial charge in [0.05, 0.1) is 0 Å². The Hall–Kier alpha value is -1.88. The van der Waals surface area contributed by atoms with Crippen LogP contribution in [0.3, 0.4) is 0 Å². The molecule has 0 saturated carbocycles. The van der Waals surface area contributed by atoms with E-state index in [1.807, 2.05) is 6.92 Å². The van der Waals surface area contributed by atoms with Gasteiger partial charge in [-0.25, -0.2) is 9.59 Å². The van der Waals surface area contributed by atoms with Crippen LogP contribution in [0.4, 0.5) is 0 Å². The number of carboxylic acids is 1. The number of benzene rings is 1. The van der Waals surface area contributed by atoms with Crippen LogP contribution < -0.4 is 4.74 Å². The van der Waals surface area contributed by atoms with E-state index in [4.69, 9.17) is 14.6 Å². The predicted molar refractivity (Wildman–Crippen MR) is 64.7 cm³/mol. The molecule has 0 amide bonds. The van der Waals surface area contributed by atoms with E-state index < -0.39 is 18.0 Å². The van der Waals surface area contributed by atoms with E-state index in [0.717, 1.165) is 6.42 Å². The van der Waals surface area contributed by atoms with Gasteiger partial charge in [0.15, 0.2) is 6.10 Å². The topological polar surface area (TPSA) is 72.8 Å². The number of esters is 1. The second-order valence-electron chi connectivity index (χ2n) is 3.74. The SMILES string of the molecule is CCCO[C@@H](C)C(=O)Oc1ccccc1C(=O)O. The second-order valence-corrected chi connectivity index (χ2v) is 3.74. The first kappa shape index (κ1) is 14.2. The Bertz CT molecular complexity index is 427. The molecule has 0 aliphatic rings. The summed E-state index contributed by atoms with van der Waals surface area (Å²) in [4.78, 5) is 22.6. The summed E-state index contributed by atoms with van der Waals surface area (Å²) in [5.74, 6) is -1.71. The molecule has 0 aliphatic heterocycles. The third-order valence-corrected chi connectivity index (χ3v) is 2.23. The number of carboxylic acid groups (broad SMARTS) is 1. The lowest BCUT2D eigenvalue weighted by Gasteiger charge is -2.12. The zero-order chi connectivity index (χ0) is 13.5. The highest BCUT2D eigenvalue weighted by atomic mass is 16.6. The normalized spacial score (nSPS) is 11.9. The molecular formula is C13H16O5. The molecule has 0 spiro atoms. The standard InChI is InChI=1S/C13H16O5/c1-3-8-17-9(2)13(16)18-11-7-5-4-6-10(11)12(14)15/h4-7,9H,3,8H2,1-2H3,(H,14,15)/t9-/m0/s1. The van der Waals surface area contributed by atoms with Crippen LogP contribution >= 0.6 is 0 Å². The van der Waals surface area contributed by atoms with Crippen molar-refractivity contribution in [2.24, 2.45) is 0 Å². The average Bonchev–Trinajstić information content (AvgIpc) is 2.36. The lowest BCUT2D eigenvalue weighted by molar-refractivity contribution is -0.146. The van der Waals surface area contributed by atoms with Gasteiger partial charge in [0.1, 0.15) is 11.3 Å². The molecule has 1 aromatic rings.